The maximum absolute atomic E-state index is 11.4. The summed E-state index contributed by atoms with van der Waals surface area (Å²) < 4.78 is 15.2. The van der Waals surface area contributed by atoms with Gasteiger partial charge in [-0.1, -0.05) is 0 Å². The lowest BCUT2D eigenvalue weighted by atomic mass is 10.3. The number of carbonyl (C=O) groups is 1. The second kappa shape index (κ2) is 5.40. The van der Waals surface area contributed by atoms with Crippen molar-refractivity contribution >= 4 is 11.7 Å². The molecular weight excluding hydrogens is 224 g/mol. The minimum atomic E-state index is -0.277. The molecule has 1 aromatic carbocycles. The van der Waals surface area contributed by atoms with Crippen molar-refractivity contribution in [1.29, 1.82) is 0 Å². The van der Waals surface area contributed by atoms with Crippen molar-refractivity contribution in [2.75, 3.05) is 32.4 Å². The van der Waals surface area contributed by atoms with Crippen LogP contribution in [0.15, 0.2) is 18.2 Å². The molecular formula is C11H14N2O4. The topological polar surface area (TPSA) is 68.8 Å². The second-order valence-corrected chi connectivity index (χ2v) is 3.44. The van der Waals surface area contributed by atoms with Gasteiger partial charge in [-0.2, -0.15) is 0 Å². The highest BCUT2D eigenvalue weighted by molar-refractivity contribution is 5.89. The quantitative estimate of drug-likeness (QED) is 0.773. The van der Waals surface area contributed by atoms with Crippen molar-refractivity contribution in [2.24, 2.45) is 0 Å². The second-order valence-electron chi connectivity index (χ2n) is 3.44. The van der Waals surface area contributed by atoms with Crippen molar-refractivity contribution in [3.63, 3.8) is 0 Å². The number of carbonyl (C=O) groups excluding carboxylic acids is 1. The Balaban J connectivity index is 1.88. The maximum Gasteiger partial charge on any atom is 0.319 e. The summed E-state index contributed by atoms with van der Waals surface area (Å²) in [7, 11) is 1.58. The molecule has 0 aliphatic carbocycles. The summed E-state index contributed by atoms with van der Waals surface area (Å²) in [4.78, 5) is 11.4. The number of ether oxygens (including phenoxy) is 3. The zero-order valence-electron chi connectivity index (χ0n) is 9.49. The van der Waals surface area contributed by atoms with Crippen LogP contribution >= 0.6 is 0 Å². The summed E-state index contributed by atoms with van der Waals surface area (Å²) in [5, 5.41) is 5.34. The Morgan fingerprint density at radius 3 is 3.06 bits per heavy atom. The van der Waals surface area contributed by atoms with E-state index in [0.717, 1.165) is 0 Å². The number of urea groups is 1. The molecule has 6 heteroatoms. The molecule has 1 heterocycles. The molecule has 0 aromatic heterocycles. The van der Waals surface area contributed by atoms with Gasteiger partial charge < -0.3 is 24.8 Å². The number of anilines is 1. The zero-order valence-corrected chi connectivity index (χ0v) is 9.49. The van der Waals surface area contributed by atoms with E-state index >= 15 is 0 Å². The van der Waals surface area contributed by atoms with E-state index in [9.17, 15) is 4.79 Å². The highest BCUT2D eigenvalue weighted by atomic mass is 16.7. The van der Waals surface area contributed by atoms with Gasteiger partial charge in [0.15, 0.2) is 11.5 Å². The van der Waals surface area contributed by atoms with E-state index < -0.39 is 0 Å². The Kier molecular flexibility index (Phi) is 3.66. The predicted octanol–water partition coefficient (Wildman–Crippen LogP) is 1.18. The molecule has 6 nitrogen and oxygen atoms in total. The highest BCUT2D eigenvalue weighted by Crippen LogP contribution is 2.34. The van der Waals surface area contributed by atoms with Gasteiger partial charge in [0.05, 0.1) is 6.61 Å². The lowest BCUT2D eigenvalue weighted by Crippen LogP contribution is -2.31. The van der Waals surface area contributed by atoms with E-state index in [1.165, 1.54) is 0 Å². The molecule has 0 unspecified atom stereocenters. The molecule has 0 bridgehead atoms. The molecule has 0 atom stereocenters. The first-order valence-electron chi connectivity index (χ1n) is 5.23. The van der Waals surface area contributed by atoms with Gasteiger partial charge in [-0.25, -0.2) is 4.79 Å². The van der Waals surface area contributed by atoms with Gasteiger partial charge in [-0.05, 0) is 12.1 Å². The fraction of sp³-hybridized carbons (Fsp3) is 0.364. The normalized spacial score (nSPS) is 12.3. The number of amides is 2. The number of hydrogen-bond donors (Lipinski definition) is 2. The van der Waals surface area contributed by atoms with Gasteiger partial charge in [-0.3, -0.25) is 0 Å². The average Bonchev–Trinajstić information content (AvgIpc) is 2.76. The van der Waals surface area contributed by atoms with Gasteiger partial charge in [-0.15, -0.1) is 0 Å². The molecule has 2 rings (SSSR count). The van der Waals surface area contributed by atoms with E-state index in [1.807, 2.05) is 0 Å². The largest absolute Gasteiger partial charge is 0.454 e. The van der Waals surface area contributed by atoms with Crippen molar-refractivity contribution in [1.82, 2.24) is 5.32 Å². The molecule has 0 fully saturated rings. The summed E-state index contributed by atoms with van der Waals surface area (Å²) in [5.74, 6) is 1.33. The number of benzene rings is 1. The van der Waals surface area contributed by atoms with Gasteiger partial charge >= 0.3 is 6.03 Å². The Bertz CT molecular complexity index is 408. The van der Waals surface area contributed by atoms with Crippen LogP contribution in [0.25, 0.3) is 0 Å². The van der Waals surface area contributed by atoms with E-state index in [1.54, 1.807) is 25.3 Å². The van der Waals surface area contributed by atoms with Crippen molar-refractivity contribution in [3.8, 4) is 11.5 Å². The number of nitrogens with one attached hydrogen (secondary N) is 2. The first-order chi connectivity index (χ1) is 8.29. The average molecular weight is 238 g/mol. The Morgan fingerprint density at radius 1 is 1.41 bits per heavy atom. The summed E-state index contributed by atoms with van der Waals surface area (Å²) >= 11 is 0. The monoisotopic (exact) mass is 238 g/mol. The molecule has 0 saturated heterocycles. The molecule has 17 heavy (non-hydrogen) atoms. The van der Waals surface area contributed by atoms with E-state index in [4.69, 9.17) is 14.2 Å². The lowest BCUT2D eigenvalue weighted by Gasteiger charge is -2.07. The summed E-state index contributed by atoms with van der Waals surface area (Å²) in [6.07, 6.45) is 0. The minimum Gasteiger partial charge on any atom is -0.454 e. The van der Waals surface area contributed by atoms with Crippen LogP contribution in [0.3, 0.4) is 0 Å². The van der Waals surface area contributed by atoms with Crippen LogP contribution in [0.1, 0.15) is 0 Å². The molecule has 1 aliphatic rings. The van der Waals surface area contributed by atoms with Gasteiger partial charge in [0.1, 0.15) is 0 Å². The Morgan fingerprint density at radius 2 is 2.24 bits per heavy atom. The molecule has 92 valence electrons. The van der Waals surface area contributed by atoms with Crippen molar-refractivity contribution < 1.29 is 19.0 Å². The van der Waals surface area contributed by atoms with E-state index in [0.29, 0.717) is 30.3 Å². The molecule has 2 N–H and O–H groups in total. The van der Waals surface area contributed by atoms with Gasteiger partial charge in [0.2, 0.25) is 6.79 Å². The first kappa shape index (κ1) is 11.5. The van der Waals surface area contributed by atoms with Crippen LogP contribution in [0.5, 0.6) is 11.5 Å². The fourth-order valence-corrected chi connectivity index (χ4v) is 1.42. The van der Waals surface area contributed by atoms with E-state index in [-0.39, 0.29) is 12.8 Å². The van der Waals surface area contributed by atoms with Crippen LogP contribution in [0, 0.1) is 0 Å². The molecule has 0 spiro atoms. The number of rotatable bonds is 4. The molecule has 1 aliphatic heterocycles. The standard InChI is InChI=1S/C11H14N2O4/c1-15-5-4-12-11(14)13-8-2-3-9-10(6-8)17-7-16-9/h2-3,6H,4-5,7H2,1H3,(H2,12,13,14). The molecule has 2 amide bonds. The predicted molar refractivity (Wildman–Crippen MR) is 61.5 cm³/mol. The zero-order chi connectivity index (χ0) is 12.1. The molecule has 0 radical (unpaired) electrons. The van der Waals surface area contributed by atoms with Gasteiger partial charge in [0, 0.05) is 25.4 Å². The van der Waals surface area contributed by atoms with Crippen molar-refractivity contribution in [2.45, 2.75) is 0 Å². The molecule has 1 aromatic rings. The van der Waals surface area contributed by atoms with Gasteiger partial charge in [0.25, 0.3) is 0 Å². The Hall–Kier alpha value is -1.95. The van der Waals surface area contributed by atoms with Crippen LogP contribution < -0.4 is 20.1 Å². The van der Waals surface area contributed by atoms with Crippen LogP contribution in [0.2, 0.25) is 0 Å². The van der Waals surface area contributed by atoms with Crippen LogP contribution in [-0.2, 0) is 4.74 Å². The summed E-state index contributed by atoms with van der Waals surface area (Å²) in [6.45, 7) is 1.17. The summed E-state index contributed by atoms with van der Waals surface area (Å²) in [5.41, 5.74) is 0.657. The van der Waals surface area contributed by atoms with Crippen LogP contribution in [0.4, 0.5) is 10.5 Å². The maximum atomic E-state index is 11.4. The Labute approximate surface area is 98.9 Å². The third-order valence-corrected chi connectivity index (χ3v) is 2.22. The lowest BCUT2D eigenvalue weighted by molar-refractivity contribution is 0.174. The number of hydrogen-bond acceptors (Lipinski definition) is 4. The third kappa shape index (κ3) is 3.01. The molecule has 0 saturated carbocycles. The third-order valence-electron chi connectivity index (χ3n) is 2.22. The minimum absolute atomic E-state index is 0.221. The van der Waals surface area contributed by atoms with Crippen molar-refractivity contribution in [3.05, 3.63) is 18.2 Å². The van der Waals surface area contributed by atoms with E-state index in [2.05, 4.69) is 10.6 Å². The first-order valence-corrected chi connectivity index (χ1v) is 5.23. The number of fused-ring (bicyclic) bond motifs is 1. The summed E-state index contributed by atoms with van der Waals surface area (Å²) in [6, 6.07) is 4.95. The smallest absolute Gasteiger partial charge is 0.319 e. The number of methoxy groups -OCH3 is 1. The SMILES string of the molecule is COCCNC(=O)Nc1ccc2c(c1)OCO2. The highest BCUT2D eigenvalue weighted by Gasteiger charge is 2.13. The van der Waals surface area contributed by atoms with Crippen LogP contribution in [-0.4, -0.2) is 33.1 Å². The fourth-order valence-electron chi connectivity index (χ4n) is 1.42.